The van der Waals surface area contributed by atoms with Gasteiger partial charge in [0, 0.05) is 18.6 Å². The van der Waals surface area contributed by atoms with Crippen molar-refractivity contribution in [2.24, 2.45) is 0 Å². The Balaban J connectivity index is 3.00. The number of nitrogens with two attached hydrogens (primary N) is 1. The van der Waals surface area contributed by atoms with Crippen molar-refractivity contribution >= 4 is 17.8 Å². The molecule has 0 radical (unpaired) electrons. The fraction of sp³-hybridized carbons (Fsp3) is 0.750. The summed E-state index contributed by atoms with van der Waals surface area (Å²) in [4.78, 5) is 14.8. The van der Waals surface area contributed by atoms with Crippen molar-refractivity contribution in [3.05, 3.63) is 0 Å². The minimum absolute atomic E-state index is 0.0612. The molecule has 1 aromatic heterocycles. The Morgan fingerprint density at radius 2 is 1.72 bits per heavy atom. The molecule has 1 aromatic rings. The second-order valence-electron chi connectivity index (χ2n) is 4.85. The van der Waals surface area contributed by atoms with Crippen LogP contribution in [0.2, 0.25) is 0 Å². The second-order valence-corrected chi connectivity index (χ2v) is 4.85. The summed E-state index contributed by atoms with van der Waals surface area (Å²) in [5.74, 6) is 1.42. The maximum absolute atomic E-state index is 5.74. The molecule has 0 aliphatic rings. The van der Waals surface area contributed by atoms with Crippen LogP contribution < -0.4 is 16.0 Å². The van der Waals surface area contributed by atoms with Gasteiger partial charge in [0.25, 0.3) is 0 Å². The first-order valence-corrected chi connectivity index (χ1v) is 6.46. The summed E-state index contributed by atoms with van der Waals surface area (Å²) >= 11 is 0. The largest absolute Gasteiger partial charge is 0.368 e. The molecule has 3 N–H and O–H groups in total. The SMILES string of the molecule is CCN(CC)c1nc(N)nc(NC(C)(C)CC)n1. The summed E-state index contributed by atoms with van der Waals surface area (Å²) in [6.07, 6.45) is 0.971. The lowest BCUT2D eigenvalue weighted by atomic mass is 10.0. The van der Waals surface area contributed by atoms with Gasteiger partial charge in [-0.3, -0.25) is 0 Å². The molecule has 0 spiro atoms. The van der Waals surface area contributed by atoms with E-state index in [2.05, 4.69) is 54.9 Å². The Morgan fingerprint density at radius 1 is 1.11 bits per heavy atom. The standard InChI is InChI=1S/C12H24N6/c1-6-12(4,5)17-10-14-9(13)15-11(16-10)18(7-2)8-3/h6-8H2,1-5H3,(H3,13,14,15,16,17). The summed E-state index contributed by atoms with van der Waals surface area (Å²) in [5, 5.41) is 3.28. The third kappa shape index (κ3) is 3.72. The normalized spacial score (nSPS) is 11.4. The first-order chi connectivity index (χ1) is 8.41. The lowest BCUT2D eigenvalue weighted by Crippen LogP contribution is -2.32. The molecular weight excluding hydrogens is 228 g/mol. The maximum atomic E-state index is 5.74. The molecule has 0 unspecified atom stereocenters. The first kappa shape index (κ1) is 14.5. The molecule has 0 fully saturated rings. The van der Waals surface area contributed by atoms with Crippen molar-refractivity contribution in [3.63, 3.8) is 0 Å². The molecule has 0 bridgehead atoms. The van der Waals surface area contributed by atoms with Crippen molar-refractivity contribution < 1.29 is 0 Å². The predicted molar refractivity (Wildman–Crippen MR) is 75.8 cm³/mol. The van der Waals surface area contributed by atoms with Crippen LogP contribution in [0.4, 0.5) is 17.8 Å². The molecule has 0 saturated heterocycles. The van der Waals surface area contributed by atoms with Crippen molar-refractivity contribution in [1.29, 1.82) is 0 Å². The van der Waals surface area contributed by atoms with Crippen LogP contribution in [0.3, 0.4) is 0 Å². The molecule has 6 nitrogen and oxygen atoms in total. The topological polar surface area (TPSA) is 80.0 Å². The van der Waals surface area contributed by atoms with E-state index in [4.69, 9.17) is 5.73 Å². The van der Waals surface area contributed by atoms with Crippen LogP contribution in [-0.2, 0) is 0 Å². The van der Waals surface area contributed by atoms with Gasteiger partial charge in [0.1, 0.15) is 0 Å². The number of nitrogen functional groups attached to an aromatic ring is 1. The molecule has 0 aliphatic heterocycles. The smallest absolute Gasteiger partial charge is 0.231 e. The van der Waals surface area contributed by atoms with Gasteiger partial charge in [-0.15, -0.1) is 0 Å². The van der Waals surface area contributed by atoms with Crippen molar-refractivity contribution in [3.8, 4) is 0 Å². The van der Waals surface area contributed by atoms with Crippen LogP contribution in [0.1, 0.15) is 41.0 Å². The molecule has 6 heteroatoms. The first-order valence-electron chi connectivity index (χ1n) is 6.46. The lowest BCUT2D eigenvalue weighted by molar-refractivity contribution is 0.541. The van der Waals surface area contributed by atoms with E-state index in [1.54, 1.807) is 0 Å². The van der Waals surface area contributed by atoms with E-state index >= 15 is 0 Å². The monoisotopic (exact) mass is 252 g/mol. The minimum Gasteiger partial charge on any atom is -0.368 e. The van der Waals surface area contributed by atoms with Gasteiger partial charge in [-0.05, 0) is 34.1 Å². The number of aromatic nitrogens is 3. The van der Waals surface area contributed by atoms with E-state index in [9.17, 15) is 0 Å². The highest BCUT2D eigenvalue weighted by molar-refractivity contribution is 5.42. The highest BCUT2D eigenvalue weighted by Gasteiger charge is 2.17. The quantitative estimate of drug-likeness (QED) is 0.805. The number of nitrogens with one attached hydrogen (secondary N) is 1. The fourth-order valence-electron chi connectivity index (χ4n) is 1.48. The van der Waals surface area contributed by atoms with Gasteiger partial charge < -0.3 is 16.0 Å². The molecule has 18 heavy (non-hydrogen) atoms. The highest BCUT2D eigenvalue weighted by atomic mass is 15.3. The molecule has 0 amide bonds. The van der Waals surface area contributed by atoms with Crippen molar-refractivity contribution in [2.75, 3.05) is 29.0 Å². The number of hydrogen-bond donors (Lipinski definition) is 2. The minimum atomic E-state index is -0.0612. The van der Waals surface area contributed by atoms with Crippen LogP contribution in [-0.4, -0.2) is 33.6 Å². The van der Waals surface area contributed by atoms with Crippen LogP contribution in [0.5, 0.6) is 0 Å². The summed E-state index contributed by atoms with van der Waals surface area (Å²) < 4.78 is 0. The maximum Gasteiger partial charge on any atom is 0.231 e. The Bertz CT molecular complexity index is 386. The number of nitrogens with zero attached hydrogens (tertiary/aromatic N) is 4. The van der Waals surface area contributed by atoms with E-state index in [1.807, 2.05) is 4.90 Å². The molecule has 0 atom stereocenters. The van der Waals surface area contributed by atoms with Gasteiger partial charge in [-0.25, -0.2) is 0 Å². The zero-order valence-electron chi connectivity index (χ0n) is 12.0. The molecule has 0 aromatic carbocycles. The van der Waals surface area contributed by atoms with E-state index in [1.165, 1.54) is 0 Å². The molecule has 1 rings (SSSR count). The second kappa shape index (κ2) is 5.84. The number of hydrogen-bond acceptors (Lipinski definition) is 6. The number of anilines is 3. The average molecular weight is 252 g/mol. The Labute approximate surface area is 109 Å². The van der Waals surface area contributed by atoms with Crippen LogP contribution in [0, 0.1) is 0 Å². The summed E-state index contributed by atoms with van der Waals surface area (Å²) in [6.45, 7) is 12.1. The van der Waals surface area contributed by atoms with Crippen LogP contribution in [0.15, 0.2) is 0 Å². The van der Waals surface area contributed by atoms with Crippen LogP contribution >= 0.6 is 0 Å². The van der Waals surface area contributed by atoms with Gasteiger partial charge in [-0.2, -0.15) is 15.0 Å². The number of rotatable bonds is 6. The molecule has 0 saturated carbocycles. The molecular formula is C12H24N6. The van der Waals surface area contributed by atoms with Gasteiger partial charge >= 0.3 is 0 Å². The average Bonchev–Trinajstić information content (AvgIpc) is 2.29. The third-order valence-corrected chi connectivity index (χ3v) is 3.02. The van der Waals surface area contributed by atoms with Crippen LogP contribution in [0.25, 0.3) is 0 Å². The molecule has 1 heterocycles. The third-order valence-electron chi connectivity index (χ3n) is 3.02. The van der Waals surface area contributed by atoms with Gasteiger partial charge in [0.2, 0.25) is 17.8 Å². The predicted octanol–water partition coefficient (Wildman–Crippen LogP) is 1.90. The van der Waals surface area contributed by atoms with Crippen molar-refractivity contribution in [1.82, 2.24) is 15.0 Å². The zero-order valence-corrected chi connectivity index (χ0v) is 12.0. The van der Waals surface area contributed by atoms with Crippen molar-refractivity contribution in [2.45, 2.75) is 46.6 Å². The van der Waals surface area contributed by atoms with Gasteiger partial charge in [0.05, 0.1) is 0 Å². The van der Waals surface area contributed by atoms with Gasteiger partial charge in [-0.1, -0.05) is 6.92 Å². The lowest BCUT2D eigenvalue weighted by Gasteiger charge is -2.25. The molecule has 0 aliphatic carbocycles. The zero-order chi connectivity index (χ0) is 13.8. The highest BCUT2D eigenvalue weighted by Crippen LogP contribution is 2.17. The summed E-state index contributed by atoms with van der Waals surface area (Å²) in [6, 6.07) is 0. The van der Waals surface area contributed by atoms with E-state index < -0.39 is 0 Å². The molecule has 102 valence electrons. The summed E-state index contributed by atoms with van der Waals surface area (Å²) in [5.41, 5.74) is 5.68. The Morgan fingerprint density at radius 3 is 2.22 bits per heavy atom. The van der Waals surface area contributed by atoms with Gasteiger partial charge in [0.15, 0.2) is 0 Å². The Hall–Kier alpha value is -1.59. The van der Waals surface area contributed by atoms with E-state index in [-0.39, 0.29) is 11.5 Å². The van der Waals surface area contributed by atoms with E-state index in [0.717, 1.165) is 19.5 Å². The Kier molecular flexibility index (Phi) is 4.69. The summed E-state index contributed by atoms with van der Waals surface area (Å²) in [7, 11) is 0. The fourth-order valence-corrected chi connectivity index (χ4v) is 1.48. The van der Waals surface area contributed by atoms with E-state index in [0.29, 0.717) is 11.9 Å².